The summed E-state index contributed by atoms with van der Waals surface area (Å²) >= 11 is 0. The third-order valence-electron chi connectivity index (χ3n) is 4.53. The number of phenolic OH excluding ortho intramolecular Hbond substituents is 1. The fourth-order valence-corrected chi connectivity index (χ4v) is 3.04. The van der Waals surface area contributed by atoms with Gasteiger partial charge in [-0.3, -0.25) is 4.79 Å². The number of aliphatic hydroxyl groups excluding tert-OH is 1. The molecule has 0 fully saturated rings. The van der Waals surface area contributed by atoms with Crippen molar-refractivity contribution in [2.24, 2.45) is 0 Å². The number of rotatable bonds is 9. The van der Waals surface area contributed by atoms with Crippen LogP contribution in [0.3, 0.4) is 0 Å². The summed E-state index contributed by atoms with van der Waals surface area (Å²) < 4.78 is 5.37. The highest BCUT2D eigenvalue weighted by atomic mass is 16.5. The van der Waals surface area contributed by atoms with Crippen LogP contribution in [0.4, 0.5) is 11.4 Å². The van der Waals surface area contributed by atoms with Gasteiger partial charge in [-0.05, 0) is 42.3 Å². The van der Waals surface area contributed by atoms with Crippen LogP contribution in [0.15, 0.2) is 30.3 Å². The number of phenols is 1. The predicted octanol–water partition coefficient (Wildman–Crippen LogP) is 2.37. The monoisotopic (exact) mass is 385 g/mol. The summed E-state index contributed by atoms with van der Waals surface area (Å²) in [5.74, 6) is 0.723. The molecular formula is C21H27N3O4. The first-order valence-corrected chi connectivity index (χ1v) is 8.90. The number of hydrogen-bond acceptors (Lipinski definition) is 7. The minimum atomic E-state index is -0.847. The Morgan fingerprint density at radius 2 is 2.07 bits per heavy atom. The summed E-state index contributed by atoms with van der Waals surface area (Å²) in [6.45, 7) is 2.68. The molecule has 0 spiro atoms. The summed E-state index contributed by atoms with van der Waals surface area (Å²) in [5, 5.41) is 26.8. The number of aldehydes is 1. The number of nitrogens with one attached hydrogen (secondary N) is 2. The van der Waals surface area contributed by atoms with Crippen LogP contribution in [0.5, 0.6) is 11.5 Å². The number of allylic oxidation sites excluding steroid dienone is 1. The second-order valence-corrected chi connectivity index (χ2v) is 6.38. The van der Waals surface area contributed by atoms with Gasteiger partial charge in [-0.2, -0.15) is 0 Å². The molecule has 0 radical (unpaired) electrons. The van der Waals surface area contributed by atoms with E-state index < -0.39 is 6.10 Å². The van der Waals surface area contributed by atoms with E-state index in [0.717, 1.165) is 11.1 Å². The number of methoxy groups -OCH3 is 1. The van der Waals surface area contributed by atoms with E-state index >= 15 is 0 Å². The number of benzene rings is 2. The van der Waals surface area contributed by atoms with Crippen molar-refractivity contribution in [3.8, 4) is 11.5 Å². The minimum absolute atomic E-state index is 0.0408. The summed E-state index contributed by atoms with van der Waals surface area (Å²) in [5.41, 5.74) is 10.1. The Labute approximate surface area is 164 Å². The number of nitrogen functional groups attached to an aromatic ring is 1. The van der Waals surface area contributed by atoms with E-state index in [4.69, 9.17) is 10.5 Å². The molecule has 7 heteroatoms. The number of aromatic hydroxyl groups is 1. The van der Waals surface area contributed by atoms with Gasteiger partial charge in [0.25, 0.3) is 0 Å². The first-order valence-electron chi connectivity index (χ1n) is 8.90. The van der Waals surface area contributed by atoms with Gasteiger partial charge in [-0.15, -0.1) is 0 Å². The highest BCUT2D eigenvalue weighted by Gasteiger charge is 2.16. The van der Waals surface area contributed by atoms with Crippen LogP contribution in [0.1, 0.15) is 28.4 Å². The number of ether oxygens (including phenoxy) is 1. The van der Waals surface area contributed by atoms with Crippen molar-refractivity contribution >= 4 is 23.7 Å². The lowest BCUT2D eigenvalue weighted by Crippen LogP contribution is -2.22. The van der Waals surface area contributed by atoms with Gasteiger partial charge in [0.05, 0.1) is 18.9 Å². The summed E-state index contributed by atoms with van der Waals surface area (Å²) in [6.07, 6.45) is 2.68. The predicted molar refractivity (Wildman–Crippen MR) is 112 cm³/mol. The molecule has 0 saturated carbocycles. The SMILES string of the molecule is CNc1c(O)ccc(C(O)CNCc2cc(C)c(N)cc2OC)c1/C=C\C=O. The molecule has 0 aliphatic rings. The second-order valence-electron chi connectivity index (χ2n) is 6.38. The smallest absolute Gasteiger partial charge is 0.142 e. The molecule has 6 N–H and O–H groups in total. The van der Waals surface area contributed by atoms with Gasteiger partial charge in [0.15, 0.2) is 0 Å². The van der Waals surface area contributed by atoms with Crippen molar-refractivity contribution in [2.75, 3.05) is 31.8 Å². The Morgan fingerprint density at radius 3 is 2.71 bits per heavy atom. The Morgan fingerprint density at radius 1 is 1.32 bits per heavy atom. The molecule has 0 bridgehead atoms. The standard InChI is InChI=1S/C21H27N3O4/c1-13-9-14(20(28-3)10-17(13)22)11-24-12-19(27)15-6-7-18(26)21(23-2)16(15)5-4-8-25/h4-10,19,23-24,26-27H,11-12,22H2,1-3H3/b5-4-. The summed E-state index contributed by atoms with van der Waals surface area (Å²) in [7, 11) is 3.25. The normalized spacial score (nSPS) is 12.1. The van der Waals surface area contributed by atoms with Crippen LogP contribution in [-0.4, -0.2) is 37.2 Å². The van der Waals surface area contributed by atoms with Gasteiger partial charge >= 0.3 is 0 Å². The summed E-state index contributed by atoms with van der Waals surface area (Å²) in [6, 6.07) is 6.88. The fraction of sp³-hybridized carbons (Fsp3) is 0.286. The number of anilines is 2. The minimum Gasteiger partial charge on any atom is -0.506 e. The molecule has 0 heterocycles. The third-order valence-corrected chi connectivity index (χ3v) is 4.53. The Balaban J connectivity index is 2.18. The number of nitrogens with two attached hydrogens (primary N) is 1. The average Bonchev–Trinajstić information content (AvgIpc) is 2.68. The van der Waals surface area contributed by atoms with E-state index in [-0.39, 0.29) is 12.3 Å². The molecule has 150 valence electrons. The van der Waals surface area contributed by atoms with Crippen molar-refractivity contribution in [2.45, 2.75) is 19.6 Å². The molecule has 1 unspecified atom stereocenters. The first-order chi connectivity index (χ1) is 13.4. The average molecular weight is 385 g/mol. The van der Waals surface area contributed by atoms with Crippen LogP contribution < -0.4 is 21.1 Å². The van der Waals surface area contributed by atoms with Gasteiger partial charge in [-0.25, -0.2) is 0 Å². The van der Waals surface area contributed by atoms with E-state index in [1.54, 1.807) is 32.4 Å². The van der Waals surface area contributed by atoms with Crippen molar-refractivity contribution in [1.82, 2.24) is 5.32 Å². The van der Waals surface area contributed by atoms with Crippen LogP contribution in [0.2, 0.25) is 0 Å². The molecule has 0 aliphatic heterocycles. The molecule has 1 atom stereocenters. The zero-order valence-corrected chi connectivity index (χ0v) is 16.3. The Bertz CT molecular complexity index is 865. The van der Waals surface area contributed by atoms with Gasteiger partial charge in [0.2, 0.25) is 0 Å². The van der Waals surface area contributed by atoms with E-state index in [1.165, 1.54) is 12.1 Å². The Hall–Kier alpha value is -3.03. The zero-order chi connectivity index (χ0) is 20.7. The number of aryl methyl sites for hydroxylation is 1. The molecule has 2 aromatic carbocycles. The molecule has 7 nitrogen and oxygen atoms in total. The molecule has 0 aliphatic carbocycles. The highest BCUT2D eigenvalue weighted by Crippen LogP contribution is 2.34. The molecular weight excluding hydrogens is 358 g/mol. The topological polar surface area (TPSA) is 117 Å². The third kappa shape index (κ3) is 4.82. The van der Waals surface area contributed by atoms with Crippen LogP contribution in [-0.2, 0) is 11.3 Å². The molecule has 0 amide bonds. The van der Waals surface area contributed by atoms with Gasteiger partial charge < -0.3 is 31.3 Å². The van der Waals surface area contributed by atoms with Crippen molar-refractivity contribution in [1.29, 1.82) is 0 Å². The number of carbonyl (C=O) groups is 1. The molecule has 2 rings (SSSR count). The van der Waals surface area contributed by atoms with Crippen LogP contribution in [0.25, 0.3) is 6.08 Å². The van der Waals surface area contributed by atoms with E-state index in [9.17, 15) is 15.0 Å². The second kappa shape index (κ2) is 9.77. The maximum absolute atomic E-state index is 10.7. The van der Waals surface area contributed by atoms with Crippen molar-refractivity contribution in [3.63, 3.8) is 0 Å². The molecule has 0 aromatic heterocycles. The number of aliphatic hydroxyl groups is 1. The molecule has 28 heavy (non-hydrogen) atoms. The summed E-state index contributed by atoms with van der Waals surface area (Å²) in [4.78, 5) is 10.7. The Kier molecular flexibility index (Phi) is 7.43. The fourth-order valence-electron chi connectivity index (χ4n) is 3.04. The van der Waals surface area contributed by atoms with E-state index in [2.05, 4.69) is 10.6 Å². The lowest BCUT2D eigenvalue weighted by molar-refractivity contribution is -0.104. The maximum atomic E-state index is 10.7. The van der Waals surface area contributed by atoms with Gasteiger partial charge in [0.1, 0.15) is 17.8 Å². The van der Waals surface area contributed by atoms with Crippen LogP contribution >= 0.6 is 0 Å². The largest absolute Gasteiger partial charge is 0.506 e. The molecule has 0 saturated heterocycles. The highest BCUT2D eigenvalue weighted by molar-refractivity contribution is 5.81. The van der Waals surface area contributed by atoms with Crippen molar-refractivity contribution in [3.05, 3.63) is 52.6 Å². The van der Waals surface area contributed by atoms with Gasteiger partial charge in [-0.1, -0.05) is 6.07 Å². The van der Waals surface area contributed by atoms with Gasteiger partial charge in [0, 0.05) is 43.0 Å². The number of carbonyl (C=O) groups excluding carboxylic acids is 1. The quantitative estimate of drug-likeness (QED) is 0.195. The molecule has 2 aromatic rings. The first kappa shape index (κ1) is 21.3. The number of hydrogen-bond donors (Lipinski definition) is 5. The van der Waals surface area contributed by atoms with Crippen molar-refractivity contribution < 1.29 is 19.7 Å². The van der Waals surface area contributed by atoms with Crippen LogP contribution in [0, 0.1) is 6.92 Å². The van der Waals surface area contributed by atoms with E-state index in [0.29, 0.717) is 41.1 Å². The lowest BCUT2D eigenvalue weighted by atomic mass is 9.99. The van der Waals surface area contributed by atoms with E-state index in [1.807, 2.05) is 13.0 Å². The lowest BCUT2D eigenvalue weighted by Gasteiger charge is -2.19. The zero-order valence-electron chi connectivity index (χ0n) is 16.3. The maximum Gasteiger partial charge on any atom is 0.142 e.